The van der Waals surface area contributed by atoms with Crippen LogP contribution in [-0.4, -0.2) is 32.6 Å². The molecule has 1 aliphatic heterocycles. The van der Waals surface area contributed by atoms with Gasteiger partial charge in [0.25, 0.3) is 0 Å². The van der Waals surface area contributed by atoms with Crippen LogP contribution in [0.1, 0.15) is 12.0 Å². The van der Waals surface area contributed by atoms with Crippen molar-refractivity contribution < 1.29 is 23.5 Å². The molecule has 0 spiro atoms. The molecule has 2 aromatic carbocycles. The molecule has 2 amide bonds. The number of halogens is 1. The topological polar surface area (TPSA) is 67.9 Å². The van der Waals surface area contributed by atoms with Crippen molar-refractivity contribution >= 4 is 23.2 Å². The van der Waals surface area contributed by atoms with E-state index in [-0.39, 0.29) is 30.6 Å². The maximum absolute atomic E-state index is 13.8. The van der Waals surface area contributed by atoms with Gasteiger partial charge in [0.15, 0.2) is 0 Å². The molecule has 7 heteroatoms. The summed E-state index contributed by atoms with van der Waals surface area (Å²) in [5, 5.41) is 2.80. The number of hydrogen-bond acceptors (Lipinski definition) is 4. The van der Waals surface area contributed by atoms with E-state index in [0.717, 1.165) is 0 Å². The van der Waals surface area contributed by atoms with Gasteiger partial charge in [-0.05, 0) is 36.8 Å². The van der Waals surface area contributed by atoms with Crippen LogP contribution in [0.15, 0.2) is 36.4 Å². The van der Waals surface area contributed by atoms with E-state index in [2.05, 4.69) is 5.32 Å². The van der Waals surface area contributed by atoms with Crippen molar-refractivity contribution in [2.45, 2.75) is 13.3 Å². The normalized spacial score (nSPS) is 16.4. The molecule has 0 saturated carbocycles. The number of ether oxygens (including phenoxy) is 2. The predicted molar refractivity (Wildman–Crippen MR) is 99.8 cm³/mol. The number of rotatable bonds is 5. The smallest absolute Gasteiger partial charge is 0.229 e. The van der Waals surface area contributed by atoms with E-state index < -0.39 is 5.92 Å². The molecule has 3 rings (SSSR count). The van der Waals surface area contributed by atoms with Crippen molar-refractivity contribution in [2.24, 2.45) is 5.92 Å². The largest absolute Gasteiger partial charge is 0.497 e. The van der Waals surface area contributed by atoms with E-state index in [1.165, 1.54) is 18.1 Å². The Balaban J connectivity index is 1.73. The van der Waals surface area contributed by atoms with Gasteiger partial charge in [-0.15, -0.1) is 0 Å². The van der Waals surface area contributed by atoms with Gasteiger partial charge in [0.2, 0.25) is 11.8 Å². The van der Waals surface area contributed by atoms with Crippen LogP contribution in [-0.2, 0) is 9.59 Å². The van der Waals surface area contributed by atoms with Gasteiger partial charge in [-0.25, -0.2) is 4.39 Å². The monoisotopic (exact) mass is 372 g/mol. The van der Waals surface area contributed by atoms with Gasteiger partial charge in [-0.2, -0.15) is 0 Å². The van der Waals surface area contributed by atoms with Gasteiger partial charge in [-0.3, -0.25) is 9.59 Å². The molecular formula is C20H21FN2O4. The number of hydrogen-bond donors (Lipinski definition) is 1. The Morgan fingerprint density at radius 2 is 1.96 bits per heavy atom. The SMILES string of the molecule is COc1ccc(NC(=O)C2CC(=O)N(c3ccc(C)c(F)c3)C2)c(OC)c1. The molecule has 6 nitrogen and oxygen atoms in total. The molecule has 0 radical (unpaired) electrons. The summed E-state index contributed by atoms with van der Waals surface area (Å²) < 4.78 is 24.2. The lowest BCUT2D eigenvalue weighted by atomic mass is 10.1. The Labute approximate surface area is 156 Å². The second-order valence-corrected chi connectivity index (χ2v) is 6.39. The zero-order valence-corrected chi connectivity index (χ0v) is 15.4. The number of carbonyl (C=O) groups excluding carboxylic acids is 2. The molecule has 2 aromatic rings. The van der Waals surface area contributed by atoms with Crippen molar-refractivity contribution in [3.8, 4) is 11.5 Å². The highest BCUT2D eigenvalue weighted by Crippen LogP contribution is 2.31. The Morgan fingerprint density at radius 1 is 1.19 bits per heavy atom. The first kappa shape index (κ1) is 18.7. The van der Waals surface area contributed by atoms with Crippen LogP contribution in [0.4, 0.5) is 15.8 Å². The molecule has 0 aromatic heterocycles. The zero-order valence-electron chi connectivity index (χ0n) is 15.4. The average Bonchev–Trinajstić information content (AvgIpc) is 3.06. The predicted octanol–water partition coefficient (Wildman–Crippen LogP) is 3.14. The van der Waals surface area contributed by atoms with Gasteiger partial charge in [0.1, 0.15) is 17.3 Å². The summed E-state index contributed by atoms with van der Waals surface area (Å²) in [6.45, 7) is 1.86. The molecule has 0 bridgehead atoms. The number of nitrogens with zero attached hydrogens (tertiary/aromatic N) is 1. The first-order valence-corrected chi connectivity index (χ1v) is 8.52. The van der Waals surface area contributed by atoms with Gasteiger partial charge in [0.05, 0.1) is 25.8 Å². The van der Waals surface area contributed by atoms with Gasteiger partial charge in [0, 0.05) is 24.7 Å². The Hall–Kier alpha value is -3.09. The van der Waals surface area contributed by atoms with Crippen molar-refractivity contribution in [2.75, 3.05) is 31.0 Å². The number of benzene rings is 2. The van der Waals surface area contributed by atoms with Gasteiger partial charge in [-0.1, -0.05) is 6.07 Å². The lowest BCUT2D eigenvalue weighted by molar-refractivity contribution is -0.122. The van der Waals surface area contributed by atoms with E-state index in [1.54, 1.807) is 44.4 Å². The third-order valence-corrected chi connectivity index (χ3v) is 4.63. The molecule has 1 atom stereocenters. The lowest BCUT2D eigenvalue weighted by Gasteiger charge is -2.18. The summed E-state index contributed by atoms with van der Waals surface area (Å²) >= 11 is 0. The number of amides is 2. The molecule has 1 fully saturated rings. The summed E-state index contributed by atoms with van der Waals surface area (Å²) in [5.41, 5.74) is 1.46. The summed E-state index contributed by atoms with van der Waals surface area (Å²) in [5.74, 6) is -0.343. The minimum Gasteiger partial charge on any atom is -0.497 e. The maximum Gasteiger partial charge on any atom is 0.229 e. The molecular weight excluding hydrogens is 351 g/mol. The number of aryl methyl sites for hydroxylation is 1. The molecule has 0 aliphatic carbocycles. The van der Waals surface area contributed by atoms with Crippen molar-refractivity contribution in [3.63, 3.8) is 0 Å². The number of anilines is 2. The first-order chi connectivity index (χ1) is 12.9. The molecule has 1 aliphatic rings. The highest BCUT2D eigenvalue weighted by atomic mass is 19.1. The van der Waals surface area contributed by atoms with Crippen LogP contribution < -0.4 is 19.7 Å². The highest BCUT2D eigenvalue weighted by molar-refractivity contribution is 6.04. The molecule has 1 saturated heterocycles. The quantitative estimate of drug-likeness (QED) is 0.876. The van der Waals surface area contributed by atoms with Crippen LogP contribution in [0.2, 0.25) is 0 Å². The average molecular weight is 372 g/mol. The summed E-state index contributed by atoms with van der Waals surface area (Å²) in [6, 6.07) is 9.67. The summed E-state index contributed by atoms with van der Waals surface area (Å²) in [4.78, 5) is 26.4. The fourth-order valence-corrected chi connectivity index (χ4v) is 3.02. The van der Waals surface area contributed by atoms with E-state index in [9.17, 15) is 14.0 Å². The second-order valence-electron chi connectivity index (χ2n) is 6.39. The fourth-order valence-electron chi connectivity index (χ4n) is 3.02. The fraction of sp³-hybridized carbons (Fsp3) is 0.300. The third kappa shape index (κ3) is 3.86. The third-order valence-electron chi connectivity index (χ3n) is 4.63. The second kappa shape index (κ2) is 7.65. The van der Waals surface area contributed by atoms with E-state index in [4.69, 9.17) is 9.47 Å². The van der Waals surface area contributed by atoms with Crippen LogP contribution in [0.3, 0.4) is 0 Å². The molecule has 1 heterocycles. The Kier molecular flexibility index (Phi) is 5.30. The maximum atomic E-state index is 13.8. The van der Waals surface area contributed by atoms with Crippen LogP contribution in [0.25, 0.3) is 0 Å². The number of carbonyl (C=O) groups is 2. The minimum absolute atomic E-state index is 0.0692. The number of methoxy groups -OCH3 is 2. The molecule has 142 valence electrons. The van der Waals surface area contributed by atoms with E-state index in [0.29, 0.717) is 28.4 Å². The lowest BCUT2D eigenvalue weighted by Crippen LogP contribution is -2.28. The zero-order chi connectivity index (χ0) is 19.6. The van der Waals surface area contributed by atoms with Gasteiger partial charge < -0.3 is 19.7 Å². The van der Waals surface area contributed by atoms with Crippen molar-refractivity contribution in [3.05, 3.63) is 47.8 Å². The highest BCUT2D eigenvalue weighted by Gasteiger charge is 2.35. The summed E-state index contributed by atoms with van der Waals surface area (Å²) in [6.07, 6.45) is 0.0692. The van der Waals surface area contributed by atoms with Crippen LogP contribution in [0, 0.1) is 18.7 Å². The van der Waals surface area contributed by atoms with E-state index in [1.807, 2.05) is 0 Å². The van der Waals surface area contributed by atoms with Crippen molar-refractivity contribution in [1.29, 1.82) is 0 Å². The van der Waals surface area contributed by atoms with Crippen LogP contribution >= 0.6 is 0 Å². The molecule has 1 unspecified atom stereocenters. The van der Waals surface area contributed by atoms with Gasteiger partial charge >= 0.3 is 0 Å². The Bertz CT molecular complexity index is 884. The summed E-state index contributed by atoms with van der Waals surface area (Å²) in [7, 11) is 3.04. The van der Waals surface area contributed by atoms with Crippen molar-refractivity contribution in [1.82, 2.24) is 0 Å². The Morgan fingerprint density at radius 3 is 2.63 bits per heavy atom. The van der Waals surface area contributed by atoms with Crippen LogP contribution in [0.5, 0.6) is 11.5 Å². The molecule has 27 heavy (non-hydrogen) atoms. The first-order valence-electron chi connectivity index (χ1n) is 8.52. The molecule has 1 N–H and O–H groups in total. The van der Waals surface area contributed by atoms with E-state index >= 15 is 0 Å². The number of nitrogens with one attached hydrogen (secondary N) is 1. The standard InChI is InChI=1S/C20H21FN2O4/c1-12-4-5-14(9-16(12)21)23-11-13(8-19(23)24)20(25)22-17-7-6-15(26-2)10-18(17)27-3/h4-7,9-10,13H,8,11H2,1-3H3,(H,22,25). The minimum atomic E-state index is -0.534.